The molecule has 1 atom stereocenters. The summed E-state index contributed by atoms with van der Waals surface area (Å²) < 4.78 is 10.7. The monoisotopic (exact) mass is 270 g/mol. The van der Waals surface area contributed by atoms with E-state index in [1.807, 2.05) is 26.0 Å². The van der Waals surface area contributed by atoms with Crippen LogP contribution in [-0.2, 0) is 0 Å². The molecule has 4 heteroatoms. The highest BCUT2D eigenvalue weighted by Gasteiger charge is 2.11. The first-order valence-electron chi connectivity index (χ1n) is 5.86. The van der Waals surface area contributed by atoms with Crippen LogP contribution in [0.4, 0.5) is 0 Å². The van der Waals surface area contributed by atoms with Crippen LogP contribution in [-0.4, -0.2) is 24.9 Å². The molecule has 0 bridgehead atoms. The number of ether oxygens (including phenoxy) is 2. The van der Waals surface area contributed by atoms with Crippen molar-refractivity contribution < 1.29 is 14.6 Å². The van der Waals surface area contributed by atoms with E-state index in [0.717, 1.165) is 11.1 Å². The Bertz CT molecular complexity index is 439. The molecule has 0 fully saturated rings. The number of hydrogen-bond acceptors (Lipinski definition) is 3. The molecule has 0 saturated heterocycles. The van der Waals surface area contributed by atoms with Gasteiger partial charge in [-0.15, -0.1) is 0 Å². The Morgan fingerprint density at radius 3 is 2.67 bits per heavy atom. The van der Waals surface area contributed by atoms with Crippen molar-refractivity contribution in [2.24, 2.45) is 0 Å². The fourth-order valence-electron chi connectivity index (χ4n) is 1.49. The molecule has 0 saturated carbocycles. The van der Waals surface area contributed by atoms with Gasteiger partial charge in [-0.1, -0.05) is 17.7 Å². The third kappa shape index (κ3) is 3.65. The topological polar surface area (TPSA) is 38.7 Å². The average Bonchev–Trinajstić information content (AvgIpc) is 2.32. The Hall–Kier alpha value is -1.19. The Balaban J connectivity index is 3.18. The Labute approximate surface area is 113 Å². The van der Waals surface area contributed by atoms with Gasteiger partial charge in [0.05, 0.1) is 24.8 Å². The first-order valence-corrected chi connectivity index (χ1v) is 6.24. The number of aliphatic hydroxyl groups is 1. The van der Waals surface area contributed by atoms with Gasteiger partial charge in [0.2, 0.25) is 0 Å². The Morgan fingerprint density at radius 2 is 2.17 bits per heavy atom. The van der Waals surface area contributed by atoms with Gasteiger partial charge in [-0.2, -0.15) is 0 Å². The summed E-state index contributed by atoms with van der Waals surface area (Å²) >= 11 is 6.16. The summed E-state index contributed by atoms with van der Waals surface area (Å²) in [5, 5.41) is 9.96. The van der Waals surface area contributed by atoms with Crippen molar-refractivity contribution in [2.45, 2.75) is 26.9 Å². The van der Waals surface area contributed by atoms with Gasteiger partial charge in [0.1, 0.15) is 0 Å². The van der Waals surface area contributed by atoms with Gasteiger partial charge >= 0.3 is 0 Å². The van der Waals surface area contributed by atoms with Gasteiger partial charge < -0.3 is 14.6 Å². The van der Waals surface area contributed by atoms with Crippen molar-refractivity contribution in [1.29, 1.82) is 0 Å². The summed E-state index contributed by atoms with van der Waals surface area (Å²) in [6, 6.07) is 3.63. The smallest absolute Gasteiger partial charge is 0.179 e. The van der Waals surface area contributed by atoms with E-state index in [1.165, 1.54) is 0 Å². The van der Waals surface area contributed by atoms with E-state index >= 15 is 0 Å². The minimum atomic E-state index is -0.485. The maximum atomic E-state index is 9.46. The van der Waals surface area contributed by atoms with Gasteiger partial charge in [0.15, 0.2) is 11.5 Å². The lowest BCUT2D eigenvalue weighted by Crippen LogP contribution is -2.01. The lowest BCUT2D eigenvalue weighted by atomic mass is 10.1. The molecule has 1 N–H and O–H groups in total. The molecule has 18 heavy (non-hydrogen) atoms. The van der Waals surface area contributed by atoms with Crippen LogP contribution in [0.2, 0.25) is 5.02 Å². The van der Waals surface area contributed by atoms with Crippen LogP contribution < -0.4 is 9.47 Å². The summed E-state index contributed by atoms with van der Waals surface area (Å²) in [7, 11) is 1.57. The molecule has 0 spiro atoms. The standard InChI is InChI=1S/C14H19ClO3/c1-5-18-14-12(15)7-11(8-13(14)17-4)6-9(2)10(3)16/h6-8,10,16H,5H2,1-4H3/b9-6-. The van der Waals surface area contributed by atoms with E-state index in [2.05, 4.69) is 0 Å². The van der Waals surface area contributed by atoms with Crippen LogP contribution in [0.1, 0.15) is 26.3 Å². The van der Waals surface area contributed by atoms with Crippen LogP contribution in [0.5, 0.6) is 11.5 Å². The van der Waals surface area contributed by atoms with Crippen molar-refractivity contribution in [3.8, 4) is 11.5 Å². The quantitative estimate of drug-likeness (QED) is 0.890. The van der Waals surface area contributed by atoms with E-state index < -0.39 is 6.10 Å². The first kappa shape index (κ1) is 14.9. The molecule has 1 aromatic rings. The van der Waals surface area contributed by atoms with Crippen LogP contribution in [0.25, 0.3) is 6.08 Å². The second-order valence-corrected chi connectivity index (χ2v) is 4.44. The summed E-state index contributed by atoms with van der Waals surface area (Å²) in [4.78, 5) is 0. The zero-order valence-electron chi connectivity index (χ0n) is 11.2. The van der Waals surface area contributed by atoms with Crippen LogP contribution in [0.3, 0.4) is 0 Å². The van der Waals surface area contributed by atoms with E-state index in [9.17, 15) is 5.11 Å². The normalized spacial score (nSPS) is 13.3. The minimum Gasteiger partial charge on any atom is -0.493 e. The zero-order chi connectivity index (χ0) is 13.7. The number of halogens is 1. The average molecular weight is 271 g/mol. The number of rotatable bonds is 5. The van der Waals surface area contributed by atoms with E-state index in [-0.39, 0.29) is 0 Å². The second-order valence-electron chi connectivity index (χ2n) is 4.03. The van der Waals surface area contributed by atoms with Gasteiger partial charge in [0, 0.05) is 0 Å². The third-order valence-electron chi connectivity index (χ3n) is 2.59. The zero-order valence-corrected chi connectivity index (χ0v) is 11.9. The predicted molar refractivity (Wildman–Crippen MR) is 74.5 cm³/mol. The van der Waals surface area contributed by atoms with Gasteiger partial charge in [-0.05, 0) is 44.0 Å². The molecule has 1 unspecified atom stereocenters. The fourth-order valence-corrected chi connectivity index (χ4v) is 1.76. The summed E-state index contributed by atoms with van der Waals surface area (Å²) in [6.45, 7) is 6.00. The van der Waals surface area contributed by atoms with Crippen molar-refractivity contribution in [3.05, 3.63) is 28.3 Å². The summed E-state index contributed by atoms with van der Waals surface area (Å²) in [6.07, 6.45) is 1.38. The number of benzene rings is 1. The molecule has 0 aromatic heterocycles. The minimum absolute atomic E-state index is 0.485. The maximum Gasteiger partial charge on any atom is 0.179 e. The molecule has 3 nitrogen and oxygen atoms in total. The van der Waals surface area contributed by atoms with E-state index in [4.69, 9.17) is 21.1 Å². The van der Waals surface area contributed by atoms with Crippen molar-refractivity contribution >= 4 is 17.7 Å². The highest BCUT2D eigenvalue weighted by Crippen LogP contribution is 2.37. The lowest BCUT2D eigenvalue weighted by molar-refractivity contribution is 0.232. The maximum absolute atomic E-state index is 9.46. The molecule has 0 radical (unpaired) electrons. The van der Waals surface area contributed by atoms with Crippen LogP contribution in [0, 0.1) is 0 Å². The summed E-state index contributed by atoms with van der Waals surface area (Å²) in [5.41, 5.74) is 1.73. The number of methoxy groups -OCH3 is 1. The Morgan fingerprint density at radius 1 is 1.50 bits per heavy atom. The lowest BCUT2D eigenvalue weighted by Gasteiger charge is -2.12. The number of hydrogen-bond donors (Lipinski definition) is 1. The molecular weight excluding hydrogens is 252 g/mol. The highest BCUT2D eigenvalue weighted by molar-refractivity contribution is 6.32. The van der Waals surface area contributed by atoms with Gasteiger partial charge in [0.25, 0.3) is 0 Å². The molecule has 100 valence electrons. The van der Waals surface area contributed by atoms with Crippen molar-refractivity contribution in [2.75, 3.05) is 13.7 Å². The molecule has 0 amide bonds. The highest BCUT2D eigenvalue weighted by atomic mass is 35.5. The SMILES string of the molecule is CCOc1c(Cl)cc(/C=C(/C)C(C)O)cc1OC. The molecule has 1 aromatic carbocycles. The molecule has 0 aliphatic rings. The first-order chi connectivity index (χ1) is 8.49. The van der Waals surface area contributed by atoms with Crippen LogP contribution >= 0.6 is 11.6 Å². The fraction of sp³-hybridized carbons (Fsp3) is 0.429. The van der Waals surface area contributed by atoms with E-state index in [1.54, 1.807) is 20.1 Å². The van der Waals surface area contributed by atoms with E-state index in [0.29, 0.717) is 23.1 Å². The molecule has 0 aliphatic heterocycles. The van der Waals surface area contributed by atoms with Gasteiger partial charge in [-0.3, -0.25) is 0 Å². The van der Waals surface area contributed by atoms with Crippen molar-refractivity contribution in [1.82, 2.24) is 0 Å². The van der Waals surface area contributed by atoms with Gasteiger partial charge in [-0.25, -0.2) is 0 Å². The number of aliphatic hydroxyl groups excluding tert-OH is 1. The molecule has 1 rings (SSSR count). The molecule has 0 aliphatic carbocycles. The molecular formula is C14H19ClO3. The largest absolute Gasteiger partial charge is 0.493 e. The third-order valence-corrected chi connectivity index (χ3v) is 2.87. The Kier molecular flexibility index (Phi) is 5.51. The summed E-state index contributed by atoms with van der Waals surface area (Å²) in [5.74, 6) is 1.14. The second kappa shape index (κ2) is 6.66. The van der Waals surface area contributed by atoms with Crippen LogP contribution in [0.15, 0.2) is 17.7 Å². The van der Waals surface area contributed by atoms with Crippen molar-refractivity contribution in [3.63, 3.8) is 0 Å². The predicted octanol–water partition coefficient (Wildman–Crippen LogP) is 3.53. The molecule has 0 heterocycles.